The molecule has 2 atom stereocenters. The van der Waals surface area contributed by atoms with Crippen molar-refractivity contribution in [1.29, 1.82) is 0 Å². The van der Waals surface area contributed by atoms with Gasteiger partial charge in [0.25, 0.3) is 0 Å². The number of sulfone groups is 1. The SMILES string of the molecule is C=CC(N1CCN(c2ccc(F)cc2)CC1)S(=O)(=O)CC(CC(C)C)C(=O)NO. The molecule has 1 aromatic rings. The number of amides is 1. The van der Waals surface area contributed by atoms with Crippen molar-refractivity contribution in [3.63, 3.8) is 0 Å². The van der Waals surface area contributed by atoms with Crippen molar-refractivity contribution in [3.8, 4) is 0 Å². The van der Waals surface area contributed by atoms with E-state index in [1.165, 1.54) is 18.2 Å². The first kappa shape index (κ1) is 23.3. The van der Waals surface area contributed by atoms with E-state index in [0.717, 1.165) is 5.69 Å². The largest absolute Gasteiger partial charge is 0.369 e. The zero-order valence-electron chi connectivity index (χ0n) is 16.9. The number of piperazine rings is 1. The number of rotatable bonds is 9. The van der Waals surface area contributed by atoms with Crippen LogP contribution >= 0.6 is 0 Å². The lowest BCUT2D eigenvalue weighted by Crippen LogP contribution is -2.53. The minimum absolute atomic E-state index is 0.105. The molecule has 7 nitrogen and oxygen atoms in total. The van der Waals surface area contributed by atoms with Gasteiger partial charge >= 0.3 is 0 Å². The Labute approximate surface area is 172 Å². The second-order valence-electron chi connectivity index (χ2n) is 7.76. The van der Waals surface area contributed by atoms with Crippen LogP contribution < -0.4 is 10.4 Å². The number of hydrogen-bond donors (Lipinski definition) is 2. The molecule has 0 radical (unpaired) electrons. The van der Waals surface area contributed by atoms with Gasteiger partial charge in [0, 0.05) is 31.9 Å². The molecular formula is C20H30FN3O4S. The van der Waals surface area contributed by atoms with Crippen LogP contribution in [0.5, 0.6) is 0 Å². The van der Waals surface area contributed by atoms with E-state index < -0.39 is 27.0 Å². The molecular weight excluding hydrogens is 397 g/mol. The number of carbonyl (C=O) groups is 1. The molecule has 2 N–H and O–H groups in total. The van der Waals surface area contributed by atoms with E-state index >= 15 is 0 Å². The van der Waals surface area contributed by atoms with E-state index in [2.05, 4.69) is 11.5 Å². The summed E-state index contributed by atoms with van der Waals surface area (Å²) in [6, 6.07) is 6.22. The summed E-state index contributed by atoms with van der Waals surface area (Å²) in [5.74, 6) is -2.06. The van der Waals surface area contributed by atoms with Crippen LogP contribution in [0.15, 0.2) is 36.9 Å². The van der Waals surface area contributed by atoms with Gasteiger partial charge in [0.2, 0.25) is 5.91 Å². The Balaban J connectivity index is 2.06. The van der Waals surface area contributed by atoms with Gasteiger partial charge in [-0.15, -0.1) is 6.58 Å². The maximum Gasteiger partial charge on any atom is 0.247 e. The molecule has 1 aliphatic heterocycles. The average Bonchev–Trinajstić information content (AvgIpc) is 2.68. The molecule has 0 bridgehead atoms. The van der Waals surface area contributed by atoms with Crippen LogP contribution in [0.3, 0.4) is 0 Å². The quantitative estimate of drug-likeness (QED) is 0.356. The van der Waals surface area contributed by atoms with E-state index in [9.17, 15) is 17.6 Å². The van der Waals surface area contributed by atoms with Crippen LogP contribution in [-0.2, 0) is 14.6 Å². The number of carbonyl (C=O) groups excluding carboxylic acids is 1. The van der Waals surface area contributed by atoms with Crippen LogP contribution in [0.2, 0.25) is 0 Å². The van der Waals surface area contributed by atoms with Crippen LogP contribution in [0.4, 0.5) is 10.1 Å². The third-order valence-corrected chi connectivity index (χ3v) is 7.20. The van der Waals surface area contributed by atoms with Crippen molar-refractivity contribution in [2.24, 2.45) is 11.8 Å². The molecule has 1 fully saturated rings. The van der Waals surface area contributed by atoms with Crippen molar-refractivity contribution >= 4 is 21.4 Å². The summed E-state index contributed by atoms with van der Waals surface area (Å²) in [5.41, 5.74) is 2.47. The molecule has 2 unspecified atom stereocenters. The predicted molar refractivity (Wildman–Crippen MR) is 111 cm³/mol. The van der Waals surface area contributed by atoms with Crippen molar-refractivity contribution in [2.45, 2.75) is 25.6 Å². The number of hydrogen-bond acceptors (Lipinski definition) is 6. The number of anilines is 1. The highest BCUT2D eigenvalue weighted by Gasteiger charge is 2.35. The van der Waals surface area contributed by atoms with E-state index in [1.54, 1.807) is 17.6 Å². The molecule has 9 heteroatoms. The zero-order chi connectivity index (χ0) is 21.6. The molecule has 1 heterocycles. The third-order valence-electron chi connectivity index (χ3n) is 5.11. The van der Waals surface area contributed by atoms with Gasteiger partial charge in [-0.1, -0.05) is 19.9 Å². The Morgan fingerprint density at radius 2 is 1.83 bits per heavy atom. The average molecular weight is 428 g/mol. The Hall–Kier alpha value is -1.97. The normalized spacial score (nSPS) is 17.8. The molecule has 0 spiro atoms. The van der Waals surface area contributed by atoms with Gasteiger partial charge in [-0.05, 0) is 36.6 Å². The summed E-state index contributed by atoms with van der Waals surface area (Å²) in [6.07, 6.45) is 1.75. The Bertz CT molecular complexity index is 790. The molecule has 1 aliphatic rings. The molecule has 0 aromatic heterocycles. The molecule has 1 saturated heterocycles. The van der Waals surface area contributed by atoms with Crippen molar-refractivity contribution < 1.29 is 22.8 Å². The van der Waals surface area contributed by atoms with E-state index in [-0.39, 0.29) is 17.5 Å². The maximum absolute atomic E-state index is 13.1. The topological polar surface area (TPSA) is 90.0 Å². The molecule has 0 aliphatic carbocycles. The third kappa shape index (κ3) is 6.25. The monoisotopic (exact) mass is 427 g/mol. The first-order valence-electron chi connectivity index (χ1n) is 9.70. The highest BCUT2D eigenvalue weighted by Crippen LogP contribution is 2.22. The zero-order valence-corrected chi connectivity index (χ0v) is 17.7. The number of nitrogens with one attached hydrogen (secondary N) is 1. The first-order chi connectivity index (χ1) is 13.7. The fraction of sp³-hybridized carbons (Fsp3) is 0.550. The van der Waals surface area contributed by atoms with Crippen LogP contribution in [0.1, 0.15) is 20.3 Å². The highest BCUT2D eigenvalue weighted by molar-refractivity contribution is 7.92. The summed E-state index contributed by atoms with van der Waals surface area (Å²) < 4.78 is 39.2. The lowest BCUT2D eigenvalue weighted by Gasteiger charge is -2.39. The molecule has 0 saturated carbocycles. The van der Waals surface area contributed by atoms with E-state index in [0.29, 0.717) is 32.6 Å². The first-order valence-corrected chi connectivity index (χ1v) is 11.4. The summed E-state index contributed by atoms with van der Waals surface area (Å²) in [7, 11) is -3.69. The van der Waals surface area contributed by atoms with Crippen LogP contribution in [-0.4, -0.2) is 61.7 Å². The number of halogens is 1. The standard InChI is InChI=1S/C20H30FN3O4S/c1-4-19(29(27,28)14-16(13-15(2)3)20(25)22-26)24-11-9-23(10-12-24)18-7-5-17(21)6-8-18/h4-8,15-16,19,26H,1,9-14H2,2-3H3,(H,22,25). The molecule has 1 aromatic carbocycles. The lowest BCUT2D eigenvalue weighted by molar-refractivity contribution is -0.133. The summed E-state index contributed by atoms with van der Waals surface area (Å²) in [6.45, 7) is 9.66. The van der Waals surface area contributed by atoms with E-state index in [4.69, 9.17) is 5.21 Å². The maximum atomic E-state index is 13.1. The second kappa shape index (κ2) is 10.2. The minimum Gasteiger partial charge on any atom is -0.369 e. The van der Waals surface area contributed by atoms with Gasteiger partial charge in [-0.25, -0.2) is 18.3 Å². The number of hydroxylamine groups is 1. The van der Waals surface area contributed by atoms with Gasteiger partial charge in [0.1, 0.15) is 11.2 Å². The summed E-state index contributed by atoms with van der Waals surface area (Å²) in [4.78, 5) is 15.8. The van der Waals surface area contributed by atoms with Gasteiger partial charge in [-0.3, -0.25) is 14.9 Å². The van der Waals surface area contributed by atoms with E-state index in [1.807, 2.05) is 18.7 Å². The van der Waals surface area contributed by atoms with Gasteiger partial charge in [-0.2, -0.15) is 0 Å². The lowest BCUT2D eigenvalue weighted by atomic mass is 9.98. The fourth-order valence-corrected chi connectivity index (χ4v) is 5.70. The summed E-state index contributed by atoms with van der Waals surface area (Å²) >= 11 is 0. The van der Waals surface area contributed by atoms with Gasteiger partial charge < -0.3 is 4.90 Å². The minimum atomic E-state index is -3.69. The van der Waals surface area contributed by atoms with Gasteiger partial charge in [0.05, 0.1) is 11.7 Å². The molecule has 1 amide bonds. The van der Waals surface area contributed by atoms with Gasteiger partial charge in [0.15, 0.2) is 9.84 Å². The van der Waals surface area contributed by atoms with Crippen LogP contribution in [0.25, 0.3) is 0 Å². The van der Waals surface area contributed by atoms with Crippen molar-refractivity contribution in [2.75, 3.05) is 36.8 Å². The smallest absolute Gasteiger partial charge is 0.247 e. The van der Waals surface area contributed by atoms with Crippen LogP contribution in [0, 0.1) is 17.7 Å². The summed E-state index contributed by atoms with van der Waals surface area (Å²) in [5, 5.41) is 8.06. The number of benzene rings is 1. The second-order valence-corrected chi connectivity index (χ2v) is 9.90. The highest BCUT2D eigenvalue weighted by atomic mass is 32.2. The Morgan fingerprint density at radius 3 is 2.31 bits per heavy atom. The van der Waals surface area contributed by atoms with Crippen molar-refractivity contribution in [1.82, 2.24) is 10.4 Å². The fourth-order valence-electron chi connectivity index (χ4n) is 3.70. The predicted octanol–water partition coefficient (Wildman–Crippen LogP) is 2.04. The molecule has 29 heavy (non-hydrogen) atoms. The Kier molecular flexibility index (Phi) is 8.18. The Morgan fingerprint density at radius 1 is 1.24 bits per heavy atom. The number of nitrogens with zero attached hydrogens (tertiary/aromatic N) is 2. The van der Waals surface area contributed by atoms with Crippen molar-refractivity contribution in [3.05, 3.63) is 42.7 Å². The molecule has 162 valence electrons. The molecule has 2 rings (SSSR count).